The van der Waals surface area contributed by atoms with Gasteiger partial charge in [-0.2, -0.15) is 0 Å². The molecule has 18 heavy (non-hydrogen) atoms. The van der Waals surface area contributed by atoms with Crippen molar-refractivity contribution in [3.63, 3.8) is 0 Å². The van der Waals surface area contributed by atoms with Crippen LogP contribution in [-0.4, -0.2) is 17.3 Å². The van der Waals surface area contributed by atoms with Gasteiger partial charge in [-0.05, 0) is 25.0 Å². The van der Waals surface area contributed by atoms with Crippen LogP contribution in [0.4, 0.5) is 0 Å². The van der Waals surface area contributed by atoms with E-state index in [1.807, 2.05) is 6.92 Å². The zero-order valence-electron chi connectivity index (χ0n) is 11.5. The Balaban J connectivity index is 3.90. The number of hydrogen-bond donors (Lipinski definition) is 0. The first-order chi connectivity index (χ1) is 8.61. The Morgan fingerprint density at radius 3 is 1.89 bits per heavy atom. The molecule has 0 atom stereocenters. The Hall–Kier alpha value is -1.25. The van der Waals surface area contributed by atoms with Gasteiger partial charge in [-0.15, -0.1) is 0 Å². The summed E-state index contributed by atoms with van der Waals surface area (Å²) in [5.74, 6) is -1.01. The average Bonchev–Trinajstić information content (AvgIpc) is 2.36. The highest BCUT2D eigenvalue weighted by atomic mass is 16.2. The predicted octanol–water partition coefficient (Wildman–Crippen LogP) is 3.41. The van der Waals surface area contributed by atoms with Crippen LogP contribution in [0.1, 0.15) is 65.2 Å². The van der Waals surface area contributed by atoms with E-state index in [1.54, 1.807) is 0 Å². The van der Waals surface area contributed by atoms with Crippen molar-refractivity contribution in [3.8, 4) is 0 Å². The molecule has 0 aromatic heterocycles. The Morgan fingerprint density at radius 1 is 0.778 bits per heavy atom. The summed E-state index contributed by atoms with van der Waals surface area (Å²) in [6.45, 7) is 4.11. The molecule has 0 rings (SSSR count). The van der Waals surface area contributed by atoms with Gasteiger partial charge in [0, 0.05) is 12.8 Å². The van der Waals surface area contributed by atoms with E-state index in [4.69, 9.17) is 0 Å². The van der Waals surface area contributed by atoms with Crippen LogP contribution in [0.3, 0.4) is 0 Å². The average molecular weight is 252 g/mol. The maximum atomic E-state index is 11.4. The Morgan fingerprint density at radius 2 is 1.33 bits per heavy atom. The molecule has 3 nitrogen and oxygen atoms in total. The summed E-state index contributed by atoms with van der Waals surface area (Å²) in [7, 11) is 0. The maximum absolute atomic E-state index is 11.4. The van der Waals surface area contributed by atoms with Crippen molar-refractivity contribution in [1.82, 2.24) is 0 Å². The normalized spacial score (nSPS) is 10.8. The lowest BCUT2D eigenvalue weighted by atomic mass is 10.1. The number of Topliss-reactive ketones (excluding diaryl/α,β-unsaturated/α-hetero) is 1. The van der Waals surface area contributed by atoms with Crippen LogP contribution in [0.5, 0.6) is 0 Å². The van der Waals surface area contributed by atoms with Gasteiger partial charge in [0.1, 0.15) is 0 Å². The molecule has 0 fully saturated rings. The first-order valence-corrected chi connectivity index (χ1v) is 6.89. The number of carbonyl (C=O) groups excluding carboxylic acids is 3. The number of rotatable bonds is 11. The smallest absolute Gasteiger partial charge is 0.221 e. The van der Waals surface area contributed by atoms with E-state index in [-0.39, 0.29) is 11.6 Å². The van der Waals surface area contributed by atoms with Gasteiger partial charge >= 0.3 is 0 Å². The fourth-order valence-electron chi connectivity index (χ4n) is 1.55. The lowest BCUT2D eigenvalue weighted by Gasteiger charge is -1.96. The third-order valence-electron chi connectivity index (χ3n) is 2.73. The number of hydrogen-bond acceptors (Lipinski definition) is 3. The molecule has 0 bridgehead atoms. The molecule has 0 heterocycles. The fourth-order valence-corrected chi connectivity index (χ4v) is 1.55. The minimum Gasteiger partial charge on any atom is -0.295 e. The van der Waals surface area contributed by atoms with Gasteiger partial charge in [-0.3, -0.25) is 14.4 Å². The fraction of sp³-hybridized carbons (Fsp3) is 0.667. The van der Waals surface area contributed by atoms with Crippen molar-refractivity contribution in [1.29, 1.82) is 0 Å². The molecule has 0 aromatic carbocycles. The van der Waals surface area contributed by atoms with Crippen molar-refractivity contribution in [2.24, 2.45) is 0 Å². The van der Waals surface area contributed by atoms with Crippen LogP contribution in [0, 0.1) is 0 Å². The van der Waals surface area contributed by atoms with Crippen molar-refractivity contribution < 1.29 is 14.4 Å². The number of carbonyl (C=O) groups is 3. The zero-order valence-corrected chi connectivity index (χ0v) is 11.5. The second-order valence-corrected chi connectivity index (χ2v) is 4.50. The van der Waals surface area contributed by atoms with Crippen LogP contribution in [0.25, 0.3) is 0 Å². The molecular formula is C15H24O3. The van der Waals surface area contributed by atoms with Gasteiger partial charge in [0.2, 0.25) is 11.6 Å². The van der Waals surface area contributed by atoms with Crippen molar-refractivity contribution in [3.05, 3.63) is 12.2 Å². The molecule has 0 N–H and O–H groups in total. The summed E-state index contributed by atoms with van der Waals surface area (Å²) < 4.78 is 0. The number of ketones is 3. The van der Waals surface area contributed by atoms with Crippen LogP contribution < -0.4 is 0 Å². The third kappa shape index (κ3) is 8.85. The molecule has 0 saturated heterocycles. The van der Waals surface area contributed by atoms with Gasteiger partial charge in [0.25, 0.3) is 0 Å². The predicted molar refractivity (Wildman–Crippen MR) is 72.4 cm³/mol. The Labute approximate surface area is 110 Å². The molecule has 0 aliphatic heterocycles. The first kappa shape index (κ1) is 16.8. The summed E-state index contributed by atoms with van der Waals surface area (Å²) in [4.78, 5) is 34.1. The van der Waals surface area contributed by atoms with E-state index in [9.17, 15) is 14.4 Å². The highest BCUT2D eigenvalue weighted by Crippen LogP contribution is 2.02. The molecule has 0 aliphatic carbocycles. The van der Waals surface area contributed by atoms with Gasteiger partial charge in [-0.1, -0.05) is 39.5 Å². The molecular weight excluding hydrogens is 228 g/mol. The Bertz CT molecular complexity index is 303. The molecule has 0 spiro atoms. The lowest BCUT2D eigenvalue weighted by molar-refractivity contribution is -0.133. The van der Waals surface area contributed by atoms with E-state index in [1.165, 1.54) is 6.08 Å². The second kappa shape index (κ2) is 10.9. The lowest BCUT2D eigenvalue weighted by Crippen LogP contribution is -2.11. The zero-order chi connectivity index (χ0) is 13.8. The number of allylic oxidation sites excluding steroid dienone is 2. The van der Waals surface area contributed by atoms with Gasteiger partial charge in [0.05, 0.1) is 0 Å². The topological polar surface area (TPSA) is 51.2 Å². The Kier molecular flexibility index (Phi) is 10.1. The van der Waals surface area contributed by atoms with Crippen LogP contribution >= 0.6 is 0 Å². The summed E-state index contributed by atoms with van der Waals surface area (Å²) in [6, 6.07) is 0. The third-order valence-corrected chi connectivity index (χ3v) is 2.73. The summed E-state index contributed by atoms with van der Waals surface area (Å²) in [6.07, 6.45) is 8.78. The molecule has 0 radical (unpaired) electrons. The molecule has 0 aliphatic rings. The summed E-state index contributed by atoms with van der Waals surface area (Å²) in [5, 5.41) is 0. The summed E-state index contributed by atoms with van der Waals surface area (Å²) in [5.41, 5.74) is 0. The van der Waals surface area contributed by atoms with Crippen LogP contribution in [0.15, 0.2) is 12.2 Å². The number of unbranched alkanes of at least 4 members (excludes halogenated alkanes) is 4. The highest BCUT2D eigenvalue weighted by molar-refractivity contribution is 6.42. The molecule has 0 saturated carbocycles. The van der Waals surface area contributed by atoms with Crippen molar-refractivity contribution in [2.75, 3.05) is 0 Å². The summed E-state index contributed by atoms with van der Waals surface area (Å²) >= 11 is 0. The molecule has 3 heteroatoms. The van der Waals surface area contributed by atoms with Crippen LogP contribution in [0.2, 0.25) is 0 Å². The molecule has 0 unspecified atom stereocenters. The van der Waals surface area contributed by atoms with Crippen molar-refractivity contribution >= 4 is 17.3 Å². The quantitative estimate of drug-likeness (QED) is 0.321. The van der Waals surface area contributed by atoms with E-state index in [0.29, 0.717) is 12.8 Å². The van der Waals surface area contributed by atoms with E-state index < -0.39 is 5.78 Å². The standard InChI is InChI=1S/C15H24O3/c1-3-5-7-9-13(16)11-12-15(18)14(17)10-8-6-4-2/h11-12H,3-10H2,1-2H3. The van der Waals surface area contributed by atoms with Gasteiger partial charge in [0.15, 0.2) is 5.78 Å². The van der Waals surface area contributed by atoms with Gasteiger partial charge in [-0.25, -0.2) is 0 Å². The minimum atomic E-state index is -0.546. The molecule has 0 aromatic rings. The highest BCUT2D eigenvalue weighted by Gasteiger charge is 2.09. The van der Waals surface area contributed by atoms with E-state index in [0.717, 1.165) is 44.6 Å². The SMILES string of the molecule is CCCCCC(=O)C=CC(=O)C(=O)CCCCC. The maximum Gasteiger partial charge on any atom is 0.221 e. The van der Waals surface area contributed by atoms with Crippen molar-refractivity contribution in [2.45, 2.75) is 65.2 Å². The second-order valence-electron chi connectivity index (χ2n) is 4.50. The first-order valence-electron chi connectivity index (χ1n) is 6.89. The largest absolute Gasteiger partial charge is 0.295 e. The monoisotopic (exact) mass is 252 g/mol. The molecule has 102 valence electrons. The molecule has 0 amide bonds. The minimum absolute atomic E-state index is 0.0711. The van der Waals surface area contributed by atoms with Crippen LogP contribution in [-0.2, 0) is 14.4 Å². The van der Waals surface area contributed by atoms with E-state index >= 15 is 0 Å². The van der Waals surface area contributed by atoms with Gasteiger partial charge < -0.3 is 0 Å². The van der Waals surface area contributed by atoms with E-state index in [2.05, 4.69) is 6.92 Å².